The molecule has 0 fully saturated rings. The topological polar surface area (TPSA) is 88.9 Å². The number of aliphatic hydroxyl groups excluding tert-OH is 1. The molecular weight excluding hydrogens is 302 g/mol. The van der Waals surface area contributed by atoms with Gasteiger partial charge in [-0.1, -0.05) is 24.3 Å². The van der Waals surface area contributed by atoms with Crippen LogP contribution in [0.5, 0.6) is 0 Å². The summed E-state index contributed by atoms with van der Waals surface area (Å²) in [5, 5.41) is 22.0. The van der Waals surface area contributed by atoms with E-state index in [1.807, 2.05) is 31.2 Å². The highest BCUT2D eigenvalue weighted by Gasteiger charge is 2.17. The Bertz CT molecular complexity index is 963. The molecule has 24 heavy (non-hydrogen) atoms. The zero-order valence-electron chi connectivity index (χ0n) is 13.5. The highest BCUT2D eigenvalue weighted by atomic mass is 16.3. The lowest BCUT2D eigenvalue weighted by Crippen LogP contribution is -2.19. The van der Waals surface area contributed by atoms with E-state index in [1.54, 1.807) is 19.2 Å². The molecule has 0 spiro atoms. The van der Waals surface area contributed by atoms with Crippen LogP contribution in [0, 0.1) is 18.3 Å². The van der Waals surface area contributed by atoms with Crippen molar-refractivity contribution in [2.24, 2.45) is 0 Å². The number of carbonyl (C=O) groups excluding carboxylic acids is 1. The van der Waals surface area contributed by atoms with E-state index < -0.39 is 0 Å². The Labute approximate surface area is 139 Å². The van der Waals surface area contributed by atoms with Gasteiger partial charge < -0.3 is 15.4 Å². The predicted molar refractivity (Wildman–Crippen MR) is 92.5 cm³/mol. The van der Waals surface area contributed by atoms with Crippen LogP contribution in [0.15, 0.2) is 36.4 Å². The molecule has 1 amide bonds. The quantitative estimate of drug-likeness (QED) is 0.693. The Morgan fingerprint density at radius 1 is 1.29 bits per heavy atom. The molecule has 0 aliphatic carbocycles. The first-order valence-electron chi connectivity index (χ1n) is 7.57. The fourth-order valence-corrected chi connectivity index (χ4v) is 2.86. The first-order valence-corrected chi connectivity index (χ1v) is 7.57. The smallest absolute Gasteiger partial charge is 0.267 e. The maximum atomic E-state index is 12.1. The van der Waals surface area contributed by atoms with Crippen molar-refractivity contribution in [2.75, 3.05) is 7.05 Å². The standard InChI is InChI=1S/C19H17N3O2/c1-11-15-7-13(9-20)8-16(14-5-3-12(10-23)4-6-14)18(15)22-17(11)19(24)21-2/h3-8,22-23H,10H2,1-2H3,(H,21,24). The molecule has 0 atom stereocenters. The SMILES string of the molecule is CNC(=O)c1[nH]c2c(-c3ccc(CO)cc3)cc(C#N)cc2c1C. The van der Waals surface area contributed by atoms with Crippen molar-refractivity contribution in [3.05, 3.63) is 58.8 Å². The van der Waals surface area contributed by atoms with Crippen LogP contribution in [-0.4, -0.2) is 23.0 Å². The van der Waals surface area contributed by atoms with Gasteiger partial charge in [0.05, 0.1) is 23.8 Å². The Hall–Kier alpha value is -3.10. The number of rotatable bonds is 3. The summed E-state index contributed by atoms with van der Waals surface area (Å²) in [5.41, 5.74) is 5.26. The van der Waals surface area contributed by atoms with E-state index in [-0.39, 0.29) is 12.5 Å². The first-order chi connectivity index (χ1) is 11.6. The third-order valence-electron chi connectivity index (χ3n) is 4.20. The summed E-state index contributed by atoms with van der Waals surface area (Å²) in [6.07, 6.45) is 0. The summed E-state index contributed by atoms with van der Waals surface area (Å²) in [4.78, 5) is 15.2. The van der Waals surface area contributed by atoms with Crippen molar-refractivity contribution in [3.8, 4) is 17.2 Å². The maximum absolute atomic E-state index is 12.1. The van der Waals surface area contributed by atoms with E-state index in [4.69, 9.17) is 0 Å². The van der Waals surface area contributed by atoms with Crippen LogP contribution in [0.2, 0.25) is 0 Å². The zero-order valence-corrected chi connectivity index (χ0v) is 13.5. The number of nitrogens with zero attached hydrogens (tertiary/aromatic N) is 1. The van der Waals surface area contributed by atoms with Crippen molar-refractivity contribution >= 4 is 16.8 Å². The molecule has 0 saturated heterocycles. The first kappa shape index (κ1) is 15.8. The normalized spacial score (nSPS) is 10.6. The molecule has 0 aliphatic rings. The molecule has 1 aromatic heterocycles. The lowest BCUT2D eigenvalue weighted by molar-refractivity contribution is 0.0958. The highest BCUT2D eigenvalue weighted by molar-refractivity contribution is 6.05. The van der Waals surface area contributed by atoms with Crippen LogP contribution in [-0.2, 0) is 6.61 Å². The van der Waals surface area contributed by atoms with Gasteiger partial charge in [-0.05, 0) is 35.7 Å². The summed E-state index contributed by atoms with van der Waals surface area (Å²) < 4.78 is 0. The Morgan fingerprint density at radius 2 is 2.00 bits per heavy atom. The molecule has 1 heterocycles. The number of H-pyrrole nitrogens is 1. The summed E-state index contributed by atoms with van der Waals surface area (Å²) >= 11 is 0. The van der Waals surface area contributed by atoms with Crippen molar-refractivity contribution in [1.82, 2.24) is 10.3 Å². The number of nitrogens with one attached hydrogen (secondary N) is 2. The number of benzene rings is 2. The van der Waals surface area contributed by atoms with Crippen LogP contribution in [0.4, 0.5) is 0 Å². The molecule has 0 aliphatic heterocycles. The number of aromatic nitrogens is 1. The lowest BCUT2D eigenvalue weighted by atomic mass is 9.98. The third-order valence-corrected chi connectivity index (χ3v) is 4.20. The largest absolute Gasteiger partial charge is 0.392 e. The fourth-order valence-electron chi connectivity index (χ4n) is 2.86. The molecule has 5 heteroatoms. The van der Waals surface area contributed by atoms with Gasteiger partial charge in [-0.15, -0.1) is 0 Å². The minimum absolute atomic E-state index is 0.0175. The molecule has 3 N–H and O–H groups in total. The van der Waals surface area contributed by atoms with E-state index in [9.17, 15) is 15.2 Å². The van der Waals surface area contributed by atoms with Crippen LogP contribution in [0.1, 0.15) is 27.2 Å². The monoisotopic (exact) mass is 319 g/mol. The number of aromatic amines is 1. The molecule has 0 unspecified atom stereocenters. The number of fused-ring (bicyclic) bond motifs is 1. The Morgan fingerprint density at radius 3 is 2.58 bits per heavy atom. The number of amides is 1. The summed E-state index contributed by atoms with van der Waals surface area (Å²) in [6.45, 7) is 1.85. The second-order valence-corrected chi connectivity index (χ2v) is 5.62. The van der Waals surface area contributed by atoms with Gasteiger partial charge in [-0.3, -0.25) is 4.79 Å². The molecule has 120 valence electrons. The van der Waals surface area contributed by atoms with Gasteiger partial charge in [0.1, 0.15) is 5.69 Å². The van der Waals surface area contributed by atoms with Crippen LogP contribution in [0.3, 0.4) is 0 Å². The van der Waals surface area contributed by atoms with Gasteiger partial charge in [0.2, 0.25) is 0 Å². The van der Waals surface area contributed by atoms with Crippen LogP contribution < -0.4 is 5.32 Å². The number of hydrogen-bond donors (Lipinski definition) is 3. The molecule has 3 aromatic rings. The van der Waals surface area contributed by atoms with Gasteiger partial charge in [0.25, 0.3) is 5.91 Å². The molecule has 0 radical (unpaired) electrons. The van der Waals surface area contributed by atoms with E-state index in [2.05, 4.69) is 16.4 Å². The minimum Gasteiger partial charge on any atom is -0.392 e. The van der Waals surface area contributed by atoms with Crippen molar-refractivity contribution in [1.29, 1.82) is 5.26 Å². The summed E-state index contributed by atoms with van der Waals surface area (Å²) in [6, 6.07) is 13.3. The highest BCUT2D eigenvalue weighted by Crippen LogP contribution is 2.33. The Kier molecular flexibility index (Phi) is 4.07. The molecule has 5 nitrogen and oxygen atoms in total. The fraction of sp³-hybridized carbons (Fsp3) is 0.158. The van der Waals surface area contributed by atoms with Gasteiger partial charge in [-0.2, -0.15) is 5.26 Å². The number of hydrogen-bond acceptors (Lipinski definition) is 3. The molecule has 0 bridgehead atoms. The van der Waals surface area contributed by atoms with Gasteiger partial charge >= 0.3 is 0 Å². The number of aryl methyl sites for hydroxylation is 1. The number of nitriles is 1. The molecule has 3 rings (SSSR count). The van der Waals surface area contributed by atoms with Crippen molar-refractivity contribution in [3.63, 3.8) is 0 Å². The van der Waals surface area contributed by atoms with Gasteiger partial charge in [0.15, 0.2) is 0 Å². The predicted octanol–water partition coefficient (Wildman–Crippen LogP) is 2.87. The lowest BCUT2D eigenvalue weighted by Gasteiger charge is -2.06. The Balaban J connectivity index is 2.29. The van der Waals surface area contributed by atoms with E-state index in [0.717, 1.165) is 33.2 Å². The van der Waals surface area contributed by atoms with Crippen LogP contribution >= 0.6 is 0 Å². The molecule has 0 saturated carbocycles. The number of carbonyl (C=O) groups is 1. The van der Waals surface area contributed by atoms with E-state index in [0.29, 0.717) is 11.3 Å². The molecule has 2 aromatic carbocycles. The summed E-state index contributed by atoms with van der Waals surface area (Å²) in [5.74, 6) is -0.191. The van der Waals surface area contributed by atoms with Crippen molar-refractivity contribution in [2.45, 2.75) is 13.5 Å². The van der Waals surface area contributed by atoms with Crippen molar-refractivity contribution < 1.29 is 9.90 Å². The number of aliphatic hydroxyl groups is 1. The van der Waals surface area contributed by atoms with Gasteiger partial charge in [-0.25, -0.2) is 0 Å². The second kappa shape index (κ2) is 6.19. The minimum atomic E-state index is -0.191. The van der Waals surface area contributed by atoms with Crippen LogP contribution in [0.25, 0.3) is 22.0 Å². The maximum Gasteiger partial charge on any atom is 0.267 e. The van der Waals surface area contributed by atoms with E-state index in [1.165, 1.54) is 0 Å². The van der Waals surface area contributed by atoms with Gasteiger partial charge in [0, 0.05) is 18.0 Å². The second-order valence-electron chi connectivity index (χ2n) is 5.62. The average molecular weight is 319 g/mol. The zero-order chi connectivity index (χ0) is 17.3. The molecular formula is C19H17N3O2. The third kappa shape index (κ3) is 2.53. The van der Waals surface area contributed by atoms with E-state index >= 15 is 0 Å². The summed E-state index contributed by atoms with van der Waals surface area (Å²) in [7, 11) is 1.59. The average Bonchev–Trinajstić information content (AvgIpc) is 2.97.